The van der Waals surface area contributed by atoms with E-state index in [1.165, 1.54) is 18.9 Å². The lowest BCUT2D eigenvalue weighted by Gasteiger charge is -2.58. The first-order valence-electron chi connectivity index (χ1n) is 22.8. The van der Waals surface area contributed by atoms with Crippen LogP contribution < -0.4 is 0 Å². The lowest BCUT2D eigenvalue weighted by molar-refractivity contribution is -0.385. The van der Waals surface area contributed by atoms with E-state index >= 15 is 0 Å². The molecule has 9 rings (SSSR count). The van der Waals surface area contributed by atoms with Gasteiger partial charge in [0.25, 0.3) is 0 Å². The molecule has 4 aliphatic carbocycles. The zero-order valence-electron chi connectivity index (χ0n) is 35.6. The zero-order chi connectivity index (χ0) is 42.6. The smallest absolute Gasteiger partial charge is 0.187 e. The number of rotatable bonds is 7. The highest BCUT2D eigenvalue weighted by Gasteiger charge is 2.69. The molecular formula is C44H70O16. The Kier molecular flexibility index (Phi) is 12.2. The maximum atomic E-state index is 11.9. The summed E-state index contributed by atoms with van der Waals surface area (Å²) in [7, 11) is 0. The standard InChI is InChI=1S/C44H70O16/c1-19-8-13-44(54-17-19)20(2)30-28(60-44)15-26-24-7-6-22-14-23(9-11-42(22,4)25(24)10-12-43(26,30)5)56-41-38(59-40-35(51)33(49)31(47)21(3)55-40)36(52)37(29(16-45)57-41)58-39-34(50)32(48)27(46)18-53-39/h6,19-21,23-41,45-52H,7-18H2,1-5H3/t19-,20+,21+,23+,24+,25-,26+,27+,28+,29-,30-,31+,32+,33-,34-,35-,36+,37-,38-,39+,40+,41-,42+,43+,44-/m1/s1. The Bertz CT molecular complexity index is 1560. The van der Waals surface area contributed by atoms with Crippen LogP contribution in [0, 0.1) is 46.3 Å². The van der Waals surface area contributed by atoms with Gasteiger partial charge >= 0.3 is 0 Å². The van der Waals surface area contributed by atoms with Crippen molar-refractivity contribution in [2.45, 2.75) is 196 Å². The molecule has 8 fully saturated rings. The zero-order valence-corrected chi connectivity index (χ0v) is 35.6. The van der Waals surface area contributed by atoms with Gasteiger partial charge in [-0.15, -0.1) is 0 Å². The highest BCUT2D eigenvalue weighted by molar-refractivity contribution is 5.26. The minimum Gasteiger partial charge on any atom is -0.394 e. The molecule has 5 heterocycles. The average Bonchev–Trinajstić information content (AvgIpc) is 3.68. The molecule has 5 aliphatic heterocycles. The minimum absolute atomic E-state index is 0.0142. The molecule has 0 aromatic carbocycles. The fourth-order valence-electron chi connectivity index (χ4n) is 13.7. The van der Waals surface area contributed by atoms with E-state index in [9.17, 15) is 40.9 Å². The summed E-state index contributed by atoms with van der Waals surface area (Å²) in [6.45, 7) is 10.9. The third-order valence-corrected chi connectivity index (χ3v) is 17.3. The summed E-state index contributed by atoms with van der Waals surface area (Å²) in [4.78, 5) is 0. The molecule has 16 nitrogen and oxygen atoms in total. The molecule has 60 heavy (non-hydrogen) atoms. The first kappa shape index (κ1) is 44.3. The van der Waals surface area contributed by atoms with E-state index in [2.05, 4.69) is 33.8 Å². The highest BCUT2D eigenvalue weighted by atomic mass is 16.8. The fraction of sp³-hybridized carbons (Fsp3) is 0.955. The molecule has 9 aliphatic rings. The number of aliphatic hydroxyl groups excluding tert-OH is 8. The lowest BCUT2D eigenvalue weighted by atomic mass is 9.47. The van der Waals surface area contributed by atoms with E-state index in [0.717, 1.165) is 45.1 Å². The van der Waals surface area contributed by atoms with E-state index in [4.69, 9.17) is 37.9 Å². The predicted octanol–water partition coefficient (Wildman–Crippen LogP) is 0.853. The van der Waals surface area contributed by atoms with Crippen LogP contribution in [0.3, 0.4) is 0 Å². The topological polar surface area (TPSA) is 236 Å². The summed E-state index contributed by atoms with van der Waals surface area (Å²) < 4.78 is 49.8. The Morgan fingerprint density at radius 3 is 2.22 bits per heavy atom. The van der Waals surface area contributed by atoms with Crippen molar-refractivity contribution in [3.8, 4) is 0 Å². The Labute approximate surface area is 352 Å². The van der Waals surface area contributed by atoms with Gasteiger partial charge in [0.15, 0.2) is 24.7 Å². The summed E-state index contributed by atoms with van der Waals surface area (Å²) in [5.41, 5.74) is 1.54. The maximum absolute atomic E-state index is 11.9. The summed E-state index contributed by atoms with van der Waals surface area (Å²) >= 11 is 0. The number of aliphatic hydroxyl groups is 8. The van der Waals surface area contributed by atoms with E-state index in [1.54, 1.807) is 0 Å². The number of hydrogen-bond acceptors (Lipinski definition) is 16. The second-order valence-electron chi connectivity index (χ2n) is 20.6. The van der Waals surface area contributed by atoms with E-state index < -0.39 is 98.4 Å². The summed E-state index contributed by atoms with van der Waals surface area (Å²) in [6.07, 6.45) is -9.25. The van der Waals surface area contributed by atoms with Crippen LogP contribution in [0.4, 0.5) is 0 Å². The van der Waals surface area contributed by atoms with Gasteiger partial charge in [0, 0.05) is 12.3 Å². The van der Waals surface area contributed by atoms with Crippen molar-refractivity contribution in [3.05, 3.63) is 11.6 Å². The van der Waals surface area contributed by atoms with Crippen molar-refractivity contribution in [1.29, 1.82) is 0 Å². The first-order valence-corrected chi connectivity index (χ1v) is 22.8. The van der Waals surface area contributed by atoms with Gasteiger partial charge in [-0.05, 0) is 98.7 Å². The molecule has 0 aromatic heterocycles. The molecule has 0 aromatic rings. The SMILES string of the molecule is C[C@@H]1CC[C@@]2(OC1)O[C@H]1C[C@H]3[C@H]4CC=C5C[C@@H](O[C@@H]6O[C@H](CO)[C@@H](O[C@@H]7OC[C@H](O)[C@H](O)[C@H]7O)[C@H](O)[C@H]6O[C@@H]6O[C@@H](C)[C@H](O)[C@@H](O)[C@H]6O)CC[C@]5(C)[C@@H]4CC[C@]3(C)[C@@H]1[C@@H]2C. The maximum Gasteiger partial charge on any atom is 0.187 e. The van der Waals surface area contributed by atoms with Gasteiger partial charge in [-0.2, -0.15) is 0 Å². The molecule has 8 N–H and O–H groups in total. The molecule has 16 heteroatoms. The third kappa shape index (κ3) is 7.19. The van der Waals surface area contributed by atoms with Gasteiger partial charge < -0.3 is 78.7 Å². The largest absolute Gasteiger partial charge is 0.394 e. The van der Waals surface area contributed by atoms with E-state index in [0.29, 0.717) is 48.3 Å². The summed E-state index contributed by atoms with van der Waals surface area (Å²) in [6, 6.07) is 0. The van der Waals surface area contributed by atoms with Crippen molar-refractivity contribution in [1.82, 2.24) is 0 Å². The number of fused-ring (bicyclic) bond motifs is 7. The van der Waals surface area contributed by atoms with Crippen molar-refractivity contribution in [2.24, 2.45) is 46.3 Å². The second kappa shape index (κ2) is 16.5. The van der Waals surface area contributed by atoms with Crippen molar-refractivity contribution in [3.63, 3.8) is 0 Å². The van der Waals surface area contributed by atoms with Crippen molar-refractivity contribution >= 4 is 0 Å². The Morgan fingerprint density at radius 2 is 1.48 bits per heavy atom. The number of hydrogen-bond donors (Lipinski definition) is 8. The van der Waals surface area contributed by atoms with Crippen LogP contribution in [0.15, 0.2) is 11.6 Å². The van der Waals surface area contributed by atoms with Gasteiger partial charge in [-0.3, -0.25) is 0 Å². The summed E-state index contributed by atoms with van der Waals surface area (Å²) in [5, 5.41) is 85.1. The molecular weight excluding hydrogens is 784 g/mol. The normalized spacial score (nSPS) is 57.9. The third-order valence-electron chi connectivity index (χ3n) is 17.3. The molecule has 342 valence electrons. The van der Waals surface area contributed by atoms with Crippen LogP contribution in [-0.2, 0) is 37.9 Å². The molecule has 25 atom stereocenters. The molecule has 3 saturated carbocycles. The molecule has 0 bridgehead atoms. The Hall–Kier alpha value is -0.900. The van der Waals surface area contributed by atoms with E-state index in [-0.39, 0.29) is 29.6 Å². The summed E-state index contributed by atoms with van der Waals surface area (Å²) in [5.74, 6) is 2.65. The molecule has 0 unspecified atom stereocenters. The van der Waals surface area contributed by atoms with Crippen molar-refractivity contribution < 1.29 is 78.7 Å². The second-order valence-corrected chi connectivity index (χ2v) is 20.6. The predicted molar refractivity (Wildman–Crippen MR) is 208 cm³/mol. The molecule has 0 radical (unpaired) electrons. The van der Waals surface area contributed by atoms with Gasteiger partial charge in [-0.25, -0.2) is 0 Å². The van der Waals surface area contributed by atoms with Gasteiger partial charge in [0.2, 0.25) is 0 Å². The Balaban J connectivity index is 0.913. The van der Waals surface area contributed by atoms with Gasteiger partial charge in [-0.1, -0.05) is 39.3 Å². The van der Waals surface area contributed by atoms with Crippen LogP contribution >= 0.6 is 0 Å². The number of allylic oxidation sites excluding steroid dienone is 1. The first-order chi connectivity index (χ1) is 28.5. The molecule has 0 amide bonds. The fourth-order valence-corrected chi connectivity index (χ4v) is 13.7. The molecule has 5 saturated heterocycles. The highest BCUT2D eigenvalue weighted by Crippen LogP contribution is 2.70. The molecule has 1 spiro atoms. The van der Waals surface area contributed by atoms with Crippen LogP contribution in [0.2, 0.25) is 0 Å². The average molecular weight is 855 g/mol. The van der Waals surface area contributed by atoms with Gasteiger partial charge in [0.1, 0.15) is 61.0 Å². The lowest BCUT2D eigenvalue weighted by Crippen LogP contribution is -2.66. The van der Waals surface area contributed by atoms with Crippen LogP contribution in [0.25, 0.3) is 0 Å². The van der Waals surface area contributed by atoms with Gasteiger partial charge in [0.05, 0.1) is 38.1 Å². The Morgan fingerprint density at radius 1 is 0.733 bits per heavy atom. The van der Waals surface area contributed by atoms with Crippen LogP contribution in [0.5, 0.6) is 0 Å². The monoisotopic (exact) mass is 854 g/mol. The number of ether oxygens (including phenoxy) is 8. The van der Waals surface area contributed by atoms with Crippen LogP contribution in [-0.4, -0.2) is 165 Å². The van der Waals surface area contributed by atoms with Crippen LogP contribution in [0.1, 0.15) is 92.4 Å². The van der Waals surface area contributed by atoms with Crippen molar-refractivity contribution in [2.75, 3.05) is 19.8 Å². The quantitative estimate of drug-likeness (QED) is 0.166. The minimum atomic E-state index is -1.70. The van der Waals surface area contributed by atoms with E-state index in [1.807, 2.05) is 0 Å².